The number of guanidine groups is 1. The molecule has 0 bridgehead atoms. The van der Waals surface area contributed by atoms with Crippen molar-refractivity contribution in [3.8, 4) is 11.5 Å². The van der Waals surface area contributed by atoms with E-state index in [2.05, 4.69) is 36.4 Å². The zero-order valence-electron chi connectivity index (χ0n) is 17.0. The van der Waals surface area contributed by atoms with Crippen molar-refractivity contribution in [2.24, 2.45) is 10.4 Å². The first-order chi connectivity index (χ1) is 11.8. The summed E-state index contributed by atoms with van der Waals surface area (Å²) < 4.78 is 16.3. The van der Waals surface area contributed by atoms with Crippen LogP contribution in [0.4, 0.5) is 0 Å². The molecule has 1 unspecified atom stereocenters. The molecule has 0 aliphatic rings. The van der Waals surface area contributed by atoms with Gasteiger partial charge in [0, 0.05) is 27.2 Å². The number of nitrogens with zero attached hydrogens (tertiary/aromatic N) is 1. The number of hydrogen-bond acceptors (Lipinski definition) is 4. The maximum atomic E-state index is 5.56. The quantitative estimate of drug-likeness (QED) is 0.341. The van der Waals surface area contributed by atoms with E-state index >= 15 is 0 Å². The summed E-state index contributed by atoms with van der Waals surface area (Å²) in [5.74, 6) is 2.44. The van der Waals surface area contributed by atoms with Gasteiger partial charge < -0.3 is 24.8 Å². The minimum absolute atomic E-state index is 0. The first-order valence-corrected chi connectivity index (χ1v) is 8.54. The number of rotatable bonds is 8. The van der Waals surface area contributed by atoms with E-state index in [1.165, 1.54) is 0 Å². The van der Waals surface area contributed by atoms with Crippen LogP contribution in [0.5, 0.6) is 11.5 Å². The Morgan fingerprint density at radius 2 is 1.81 bits per heavy atom. The summed E-state index contributed by atoms with van der Waals surface area (Å²) in [4.78, 5) is 4.27. The largest absolute Gasteiger partial charge is 0.497 e. The Labute approximate surface area is 175 Å². The van der Waals surface area contributed by atoms with E-state index in [0.717, 1.165) is 36.0 Å². The molecule has 0 fully saturated rings. The lowest BCUT2D eigenvalue weighted by Gasteiger charge is -2.30. The summed E-state index contributed by atoms with van der Waals surface area (Å²) in [6.45, 7) is 7.91. The fourth-order valence-electron chi connectivity index (χ4n) is 2.55. The smallest absolute Gasteiger partial charge is 0.191 e. The molecule has 2 N–H and O–H groups in total. The van der Waals surface area contributed by atoms with Crippen LogP contribution >= 0.6 is 24.0 Å². The lowest BCUT2D eigenvalue weighted by Crippen LogP contribution is -2.45. The van der Waals surface area contributed by atoms with E-state index < -0.39 is 0 Å². The summed E-state index contributed by atoms with van der Waals surface area (Å²) >= 11 is 0. The van der Waals surface area contributed by atoms with Gasteiger partial charge in [-0.1, -0.05) is 20.8 Å². The van der Waals surface area contributed by atoms with Crippen LogP contribution in [0.2, 0.25) is 0 Å². The maximum absolute atomic E-state index is 5.56. The molecular formula is C19H34IN3O3. The van der Waals surface area contributed by atoms with Crippen molar-refractivity contribution in [1.29, 1.82) is 0 Å². The number of halogens is 1. The second kappa shape index (κ2) is 12.2. The van der Waals surface area contributed by atoms with Gasteiger partial charge in [0.15, 0.2) is 5.96 Å². The molecule has 7 heteroatoms. The third-order valence-corrected chi connectivity index (χ3v) is 4.10. The fourth-order valence-corrected chi connectivity index (χ4v) is 2.55. The van der Waals surface area contributed by atoms with Gasteiger partial charge in [0.25, 0.3) is 0 Å². The van der Waals surface area contributed by atoms with E-state index in [1.54, 1.807) is 28.4 Å². The normalized spacial score (nSPS) is 12.8. The van der Waals surface area contributed by atoms with Crippen LogP contribution in [-0.4, -0.2) is 53.5 Å². The van der Waals surface area contributed by atoms with E-state index in [4.69, 9.17) is 14.2 Å². The molecule has 26 heavy (non-hydrogen) atoms. The van der Waals surface area contributed by atoms with Crippen molar-refractivity contribution in [2.75, 3.05) is 41.5 Å². The predicted octanol–water partition coefficient (Wildman–Crippen LogP) is 3.09. The molecule has 6 nitrogen and oxygen atoms in total. The highest BCUT2D eigenvalue weighted by Crippen LogP contribution is 2.24. The summed E-state index contributed by atoms with van der Waals surface area (Å²) in [6.07, 6.45) is 0.901. The Morgan fingerprint density at radius 3 is 2.31 bits per heavy atom. The van der Waals surface area contributed by atoms with Crippen LogP contribution in [0.1, 0.15) is 26.3 Å². The monoisotopic (exact) mass is 479 g/mol. The van der Waals surface area contributed by atoms with Crippen LogP contribution in [0, 0.1) is 5.41 Å². The number of methoxy groups -OCH3 is 3. The van der Waals surface area contributed by atoms with E-state index in [1.807, 2.05) is 18.2 Å². The van der Waals surface area contributed by atoms with Crippen molar-refractivity contribution in [3.63, 3.8) is 0 Å². The highest BCUT2D eigenvalue weighted by molar-refractivity contribution is 14.0. The average molecular weight is 479 g/mol. The molecule has 0 heterocycles. The van der Waals surface area contributed by atoms with E-state index in [9.17, 15) is 0 Å². The molecule has 1 aromatic carbocycles. The molecule has 1 aromatic rings. The van der Waals surface area contributed by atoms with E-state index in [0.29, 0.717) is 6.54 Å². The van der Waals surface area contributed by atoms with Gasteiger partial charge >= 0.3 is 0 Å². The van der Waals surface area contributed by atoms with Crippen LogP contribution in [0.25, 0.3) is 0 Å². The number of ether oxygens (including phenoxy) is 3. The molecule has 0 amide bonds. The number of nitrogens with one attached hydrogen (secondary N) is 2. The number of hydrogen-bond donors (Lipinski definition) is 2. The fraction of sp³-hybridized carbons (Fsp3) is 0.632. The van der Waals surface area contributed by atoms with Crippen LogP contribution in [-0.2, 0) is 11.2 Å². The van der Waals surface area contributed by atoms with Crippen molar-refractivity contribution in [1.82, 2.24) is 10.6 Å². The second-order valence-electron chi connectivity index (χ2n) is 6.90. The molecule has 0 spiro atoms. The van der Waals surface area contributed by atoms with Crippen LogP contribution in [0.3, 0.4) is 0 Å². The lowest BCUT2D eigenvalue weighted by molar-refractivity contribution is 0.0205. The minimum Gasteiger partial charge on any atom is -0.497 e. The Kier molecular flexibility index (Phi) is 11.6. The summed E-state index contributed by atoms with van der Waals surface area (Å²) in [5.41, 5.74) is 1.16. The van der Waals surface area contributed by atoms with Crippen molar-refractivity contribution >= 4 is 29.9 Å². The maximum Gasteiger partial charge on any atom is 0.191 e. The first kappa shape index (κ1) is 24.8. The zero-order chi connectivity index (χ0) is 18.9. The van der Waals surface area contributed by atoms with Crippen LogP contribution in [0.15, 0.2) is 23.2 Å². The second-order valence-corrected chi connectivity index (χ2v) is 6.90. The molecule has 1 atom stereocenters. The van der Waals surface area contributed by atoms with Gasteiger partial charge in [-0.15, -0.1) is 24.0 Å². The number of aliphatic imine (C=N–C) groups is 1. The summed E-state index contributed by atoms with van der Waals surface area (Å²) in [6, 6.07) is 5.82. The summed E-state index contributed by atoms with van der Waals surface area (Å²) in [5, 5.41) is 6.65. The molecule has 0 saturated carbocycles. The third-order valence-electron chi connectivity index (χ3n) is 4.10. The molecule has 0 aromatic heterocycles. The molecule has 0 radical (unpaired) electrons. The Bertz CT molecular complexity index is 559. The highest BCUT2D eigenvalue weighted by Gasteiger charge is 2.24. The molecular weight excluding hydrogens is 445 g/mol. The Morgan fingerprint density at radius 1 is 1.12 bits per heavy atom. The minimum atomic E-state index is 0. The van der Waals surface area contributed by atoms with Gasteiger partial charge in [0.1, 0.15) is 11.5 Å². The molecule has 0 aliphatic heterocycles. The standard InChI is InChI=1S/C19H33N3O3.HI/c1-19(2,3)17(25-7)13-22-18(20-4)21-11-10-14-12-15(23-5)8-9-16(14)24-6;/h8-9,12,17H,10-11,13H2,1-7H3,(H2,20,21,22);1H. The van der Waals surface area contributed by atoms with Gasteiger partial charge in [-0.05, 0) is 35.6 Å². The van der Waals surface area contributed by atoms with Crippen LogP contribution < -0.4 is 20.1 Å². The average Bonchev–Trinajstić information content (AvgIpc) is 2.59. The third kappa shape index (κ3) is 7.99. The van der Waals surface area contributed by atoms with Gasteiger partial charge in [0.05, 0.1) is 20.3 Å². The molecule has 150 valence electrons. The molecule has 0 aliphatic carbocycles. The Hall–Kier alpha value is -1.22. The van der Waals surface area contributed by atoms with Crippen molar-refractivity contribution in [3.05, 3.63) is 23.8 Å². The van der Waals surface area contributed by atoms with Gasteiger partial charge in [-0.3, -0.25) is 4.99 Å². The zero-order valence-corrected chi connectivity index (χ0v) is 19.3. The Balaban J connectivity index is 0.00000625. The highest BCUT2D eigenvalue weighted by atomic mass is 127. The van der Waals surface area contributed by atoms with Gasteiger partial charge in [-0.25, -0.2) is 0 Å². The molecule has 0 saturated heterocycles. The predicted molar refractivity (Wildman–Crippen MR) is 118 cm³/mol. The van der Waals surface area contributed by atoms with E-state index in [-0.39, 0.29) is 35.5 Å². The topological polar surface area (TPSA) is 64.1 Å². The summed E-state index contributed by atoms with van der Waals surface area (Å²) in [7, 11) is 6.84. The molecule has 1 rings (SSSR count). The van der Waals surface area contributed by atoms with Crippen molar-refractivity contribution < 1.29 is 14.2 Å². The van der Waals surface area contributed by atoms with Crippen molar-refractivity contribution in [2.45, 2.75) is 33.3 Å². The van der Waals surface area contributed by atoms with Gasteiger partial charge in [-0.2, -0.15) is 0 Å². The lowest BCUT2D eigenvalue weighted by atomic mass is 9.89. The van der Waals surface area contributed by atoms with Gasteiger partial charge in [0.2, 0.25) is 0 Å². The first-order valence-electron chi connectivity index (χ1n) is 8.54. The SMILES string of the molecule is CN=C(NCCc1cc(OC)ccc1OC)NCC(OC)C(C)(C)C.I. The number of benzene rings is 1.